The molecule has 2 rings (SSSR count). The Hall–Kier alpha value is -1.64. The third kappa shape index (κ3) is 4.16. The smallest absolute Gasteiger partial charge is 0.0496 e. The van der Waals surface area contributed by atoms with E-state index in [2.05, 4.69) is 80.4 Å². The fraction of sp³-hybridized carbons (Fsp3) is 0.368. The highest BCUT2D eigenvalue weighted by atomic mass is 15.1. The Kier molecular flexibility index (Phi) is 5.54. The molecule has 2 N–H and O–H groups in total. The van der Waals surface area contributed by atoms with Crippen LogP contribution in [0.25, 0.3) is 0 Å². The third-order valence-electron chi connectivity index (χ3n) is 4.08. The molecule has 0 fully saturated rings. The van der Waals surface area contributed by atoms with E-state index in [4.69, 9.17) is 5.73 Å². The van der Waals surface area contributed by atoms with Crippen molar-refractivity contribution in [3.8, 4) is 0 Å². The van der Waals surface area contributed by atoms with E-state index in [1.165, 1.54) is 16.7 Å². The molecule has 0 aliphatic rings. The van der Waals surface area contributed by atoms with Crippen LogP contribution in [0, 0.1) is 6.92 Å². The molecular weight excluding hydrogens is 256 g/mol. The van der Waals surface area contributed by atoms with Crippen LogP contribution in [0.1, 0.15) is 29.7 Å². The molecule has 2 aromatic rings. The quantitative estimate of drug-likeness (QED) is 0.878. The van der Waals surface area contributed by atoms with Gasteiger partial charge in [-0.05, 0) is 44.0 Å². The molecule has 0 amide bonds. The summed E-state index contributed by atoms with van der Waals surface area (Å²) in [6.07, 6.45) is 1.05. The van der Waals surface area contributed by atoms with E-state index in [-0.39, 0.29) is 12.1 Å². The van der Waals surface area contributed by atoms with Crippen molar-refractivity contribution in [2.24, 2.45) is 5.73 Å². The Bertz CT molecular complexity index is 549. The van der Waals surface area contributed by atoms with Crippen LogP contribution in [-0.2, 0) is 6.42 Å². The highest BCUT2D eigenvalue weighted by molar-refractivity contribution is 5.30. The van der Waals surface area contributed by atoms with Gasteiger partial charge in [-0.2, -0.15) is 0 Å². The largest absolute Gasteiger partial charge is 0.326 e. The first-order chi connectivity index (χ1) is 10.1. The van der Waals surface area contributed by atoms with Crippen LogP contribution >= 0.6 is 0 Å². The first-order valence-electron chi connectivity index (χ1n) is 7.65. The van der Waals surface area contributed by atoms with Gasteiger partial charge in [0.2, 0.25) is 0 Å². The maximum atomic E-state index is 6.27. The normalized spacial score (nSPS) is 14.1. The minimum Gasteiger partial charge on any atom is -0.326 e. The SMILES string of the molecule is Cc1ccccc1C(C(C)N)N(C)CCc1ccccc1. The van der Waals surface area contributed by atoms with Crippen molar-refractivity contribution < 1.29 is 0 Å². The Labute approximate surface area is 128 Å². The molecule has 0 saturated heterocycles. The minimum atomic E-state index is 0.104. The van der Waals surface area contributed by atoms with E-state index in [1.807, 2.05) is 0 Å². The lowest BCUT2D eigenvalue weighted by Gasteiger charge is -2.32. The van der Waals surface area contributed by atoms with Crippen LogP contribution in [0.5, 0.6) is 0 Å². The van der Waals surface area contributed by atoms with Crippen LogP contribution < -0.4 is 5.73 Å². The first-order valence-corrected chi connectivity index (χ1v) is 7.65. The van der Waals surface area contributed by atoms with Gasteiger partial charge in [0.1, 0.15) is 0 Å². The zero-order chi connectivity index (χ0) is 15.2. The summed E-state index contributed by atoms with van der Waals surface area (Å²) < 4.78 is 0. The van der Waals surface area contributed by atoms with Gasteiger partial charge in [0.05, 0.1) is 0 Å². The molecule has 2 aromatic carbocycles. The summed E-state index contributed by atoms with van der Waals surface area (Å²) in [6.45, 7) is 5.26. The average molecular weight is 282 g/mol. The van der Waals surface area contributed by atoms with Gasteiger partial charge in [0.25, 0.3) is 0 Å². The second kappa shape index (κ2) is 7.39. The van der Waals surface area contributed by atoms with Crippen molar-refractivity contribution in [1.82, 2.24) is 4.90 Å². The number of nitrogens with two attached hydrogens (primary N) is 1. The van der Waals surface area contributed by atoms with Gasteiger partial charge >= 0.3 is 0 Å². The van der Waals surface area contributed by atoms with Gasteiger partial charge in [-0.15, -0.1) is 0 Å². The van der Waals surface area contributed by atoms with Gasteiger partial charge in [0, 0.05) is 18.6 Å². The van der Waals surface area contributed by atoms with Gasteiger partial charge in [-0.1, -0.05) is 54.6 Å². The molecular formula is C19H26N2. The summed E-state index contributed by atoms with van der Waals surface area (Å²) in [5, 5.41) is 0. The van der Waals surface area contributed by atoms with Crippen molar-refractivity contribution in [2.75, 3.05) is 13.6 Å². The van der Waals surface area contributed by atoms with E-state index in [0.29, 0.717) is 0 Å². The summed E-state index contributed by atoms with van der Waals surface area (Å²) in [5.41, 5.74) is 10.3. The van der Waals surface area contributed by atoms with E-state index < -0.39 is 0 Å². The highest BCUT2D eigenvalue weighted by Gasteiger charge is 2.22. The fourth-order valence-electron chi connectivity index (χ4n) is 2.93. The standard InChI is InChI=1S/C19H26N2/c1-15-9-7-8-12-18(15)19(16(2)20)21(3)14-13-17-10-5-4-6-11-17/h4-12,16,19H,13-14,20H2,1-3H3. The molecule has 0 saturated carbocycles. The second-order valence-electron chi connectivity index (χ2n) is 5.88. The molecule has 2 heteroatoms. The van der Waals surface area contributed by atoms with Crippen LogP contribution in [0.3, 0.4) is 0 Å². The molecule has 0 aromatic heterocycles. The van der Waals surface area contributed by atoms with Crippen LogP contribution in [-0.4, -0.2) is 24.5 Å². The zero-order valence-electron chi connectivity index (χ0n) is 13.3. The van der Waals surface area contributed by atoms with E-state index in [1.54, 1.807) is 0 Å². The molecule has 0 aliphatic carbocycles. The molecule has 0 heterocycles. The molecule has 2 nitrogen and oxygen atoms in total. The molecule has 0 spiro atoms. The van der Waals surface area contributed by atoms with E-state index in [0.717, 1.165) is 13.0 Å². The fourth-order valence-corrected chi connectivity index (χ4v) is 2.93. The zero-order valence-corrected chi connectivity index (χ0v) is 13.3. The van der Waals surface area contributed by atoms with Crippen molar-refractivity contribution in [2.45, 2.75) is 32.4 Å². The number of aryl methyl sites for hydroxylation is 1. The highest BCUT2D eigenvalue weighted by Crippen LogP contribution is 2.25. The van der Waals surface area contributed by atoms with E-state index in [9.17, 15) is 0 Å². The summed E-state index contributed by atoms with van der Waals surface area (Å²) in [7, 11) is 2.17. The summed E-state index contributed by atoms with van der Waals surface area (Å²) >= 11 is 0. The number of benzene rings is 2. The van der Waals surface area contributed by atoms with Crippen molar-refractivity contribution in [1.29, 1.82) is 0 Å². The van der Waals surface area contributed by atoms with Gasteiger partial charge in [-0.25, -0.2) is 0 Å². The van der Waals surface area contributed by atoms with Crippen molar-refractivity contribution in [3.63, 3.8) is 0 Å². The van der Waals surface area contributed by atoms with Gasteiger partial charge in [-0.3, -0.25) is 4.90 Å². The first kappa shape index (κ1) is 15.7. The predicted molar refractivity (Wildman–Crippen MR) is 90.3 cm³/mol. The molecule has 2 unspecified atom stereocenters. The van der Waals surface area contributed by atoms with Gasteiger partial charge < -0.3 is 5.73 Å². The third-order valence-corrected chi connectivity index (χ3v) is 4.08. The van der Waals surface area contributed by atoms with Gasteiger partial charge in [0.15, 0.2) is 0 Å². The topological polar surface area (TPSA) is 29.3 Å². The molecule has 21 heavy (non-hydrogen) atoms. The van der Waals surface area contributed by atoms with E-state index >= 15 is 0 Å². The number of hydrogen-bond acceptors (Lipinski definition) is 2. The monoisotopic (exact) mass is 282 g/mol. The van der Waals surface area contributed by atoms with Crippen molar-refractivity contribution >= 4 is 0 Å². The maximum absolute atomic E-state index is 6.27. The summed E-state index contributed by atoms with van der Waals surface area (Å²) in [6, 6.07) is 19.5. The number of rotatable bonds is 6. The van der Waals surface area contributed by atoms with Crippen LogP contribution in [0.15, 0.2) is 54.6 Å². The molecule has 0 aliphatic heterocycles. The molecule has 0 bridgehead atoms. The lowest BCUT2D eigenvalue weighted by molar-refractivity contribution is 0.221. The second-order valence-corrected chi connectivity index (χ2v) is 5.88. The Morgan fingerprint density at radius 1 is 1.00 bits per heavy atom. The Morgan fingerprint density at radius 2 is 1.62 bits per heavy atom. The van der Waals surface area contributed by atoms with Crippen molar-refractivity contribution in [3.05, 3.63) is 71.3 Å². The Balaban J connectivity index is 2.10. The molecule has 112 valence electrons. The molecule has 2 atom stereocenters. The molecule has 0 radical (unpaired) electrons. The number of nitrogens with zero attached hydrogens (tertiary/aromatic N) is 1. The van der Waals surface area contributed by atoms with Crippen LogP contribution in [0.2, 0.25) is 0 Å². The number of likely N-dealkylation sites (N-methyl/N-ethyl adjacent to an activating group) is 1. The van der Waals surface area contributed by atoms with Crippen LogP contribution in [0.4, 0.5) is 0 Å². The minimum absolute atomic E-state index is 0.104. The maximum Gasteiger partial charge on any atom is 0.0496 e. The summed E-state index contributed by atoms with van der Waals surface area (Å²) in [4.78, 5) is 2.38. The average Bonchev–Trinajstić information content (AvgIpc) is 2.48. The Morgan fingerprint density at radius 3 is 2.24 bits per heavy atom. The lowest BCUT2D eigenvalue weighted by atomic mass is 9.95. The lowest BCUT2D eigenvalue weighted by Crippen LogP contribution is -2.38. The number of hydrogen-bond donors (Lipinski definition) is 1. The summed E-state index contributed by atoms with van der Waals surface area (Å²) in [5.74, 6) is 0. The predicted octanol–water partition coefficient (Wildman–Crippen LogP) is 3.56.